The molecule has 0 spiro atoms. The third-order valence-corrected chi connectivity index (χ3v) is 5.42. The van der Waals surface area contributed by atoms with E-state index < -0.39 is 0 Å². The molecule has 0 amide bonds. The summed E-state index contributed by atoms with van der Waals surface area (Å²) in [5, 5.41) is 3.79. The molecule has 22 heavy (non-hydrogen) atoms. The van der Waals surface area contributed by atoms with E-state index >= 15 is 0 Å². The van der Waals surface area contributed by atoms with E-state index in [0.29, 0.717) is 12.6 Å². The van der Waals surface area contributed by atoms with E-state index in [1.807, 2.05) is 0 Å². The average molecular weight is 293 g/mol. The molecule has 0 fully saturated rings. The first kappa shape index (κ1) is 13.7. The number of rotatable bonds is 2. The van der Waals surface area contributed by atoms with Crippen LogP contribution in [0, 0.1) is 13.8 Å². The molecule has 1 heterocycles. The van der Waals surface area contributed by atoms with Crippen molar-refractivity contribution in [1.29, 1.82) is 0 Å². The Hall–Kier alpha value is -1.96. The van der Waals surface area contributed by atoms with Gasteiger partial charge in [0.05, 0.1) is 12.6 Å². The first-order valence-corrected chi connectivity index (χ1v) is 8.18. The molecule has 2 aromatic carbocycles. The molecule has 0 aromatic heterocycles. The van der Waals surface area contributed by atoms with E-state index in [2.05, 4.69) is 63.3 Å². The van der Waals surface area contributed by atoms with Crippen molar-refractivity contribution in [3.63, 3.8) is 0 Å². The van der Waals surface area contributed by atoms with Crippen molar-refractivity contribution < 1.29 is 4.74 Å². The quantitative estimate of drug-likeness (QED) is 0.868. The van der Waals surface area contributed by atoms with Crippen LogP contribution in [0.5, 0.6) is 5.75 Å². The molecule has 2 aromatic rings. The molecule has 0 radical (unpaired) electrons. The van der Waals surface area contributed by atoms with Gasteiger partial charge < -0.3 is 10.1 Å². The van der Waals surface area contributed by atoms with E-state index in [0.717, 1.165) is 12.2 Å². The first-order valence-electron chi connectivity index (χ1n) is 8.18. The molecule has 2 atom stereocenters. The minimum Gasteiger partial charge on any atom is -0.493 e. The average Bonchev–Trinajstić information content (AvgIpc) is 2.91. The van der Waals surface area contributed by atoms with Crippen molar-refractivity contribution in [3.8, 4) is 5.75 Å². The lowest BCUT2D eigenvalue weighted by Gasteiger charge is -2.27. The molecular formula is C20H23NO. The third-order valence-electron chi connectivity index (χ3n) is 5.42. The van der Waals surface area contributed by atoms with E-state index in [-0.39, 0.29) is 5.41 Å². The summed E-state index contributed by atoms with van der Waals surface area (Å²) in [6.45, 7) is 9.53. The maximum absolute atomic E-state index is 5.94. The Labute approximate surface area is 132 Å². The lowest BCUT2D eigenvalue weighted by molar-refractivity contribution is 0.333. The van der Waals surface area contributed by atoms with Crippen LogP contribution in [-0.4, -0.2) is 6.61 Å². The van der Waals surface area contributed by atoms with Crippen LogP contribution in [0.1, 0.15) is 47.7 Å². The standard InChI is InChI=1S/C20H23NO/c1-5-22-18-12(2)10-16-17(13(18)3)20(4)11-14-8-6-7-9-15(14)19(20)21-16/h6-10,19,21H,5,11H2,1-4H3. The summed E-state index contributed by atoms with van der Waals surface area (Å²) in [5.74, 6) is 1.07. The molecule has 2 nitrogen and oxygen atoms in total. The van der Waals surface area contributed by atoms with Crippen LogP contribution in [0.3, 0.4) is 0 Å². The van der Waals surface area contributed by atoms with Gasteiger partial charge in [0.2, 0.25) is 0 Å². The predicted molar refractivity (Wildman–Crippen MR) is 90.9 cm³/mol. The molecule has 0 bridgehead atoms. The lowest BCUT2D eigenvalue weighted by atomic mass is 9.76. The van der Waals surface area contributed by atoms with Crippen molar-refractivity contribution in [1.82, 2.24) is 0 Å². The number of nitrogens with one attached hydrogen (secondary N) is 1. The van der Waals surface area contributed by atoms with Crippen LogP contribution < -0.4 is 10.1 Å². The fourth-order valence-corrected chi connectivity index (χ4v) is 4.62. The largest absolute Gasteiger partial charge is 0.493 e. The van der Waals surface area contributed by atoms with Gasteiger partial charge in [-0.3, -0.25) is 0 Å². The summed E-state index contributed by atoms with van der Waals surface area (Å²) in [6, 6.07) is 11.5. The van der Waals surface area contributed by atoms with Crippen LogP contribution in [-0.2, 0) is 11.8 Å². The van der Waals surface area contributed by atoms with Crippen LogP contribution >= 0.6 is 0 Å². The molecule has 2 aliphatic rings. The Morgan fingerprint density at radius 1 is 1.27 bits per heavy atom. The number of hydrogen-bond acceptors (Lipinski definition) is 2. The van der Waals surface area contributed by atoms with Crippen molar-refractivity contribution in [2.24, 2.45) is 0 Å². The van der Waals surface area contributed by atoms with E-state index in [1.54, 1.807) is 0 Å². The van der Waals surface area contributed by atoms with Crippen molar-refractivity contribution in [3.05, 3.63) is 58.1 Å². The van der Waals surface area contributed by atoms with Gasteiger partial charge in [-0.1, -0.05) is 31.2 Å². The Morgan fingerprint density at radius 3 is 2.82 bits per heavy atom. The van der Waals surface area contributed by atoms with Crippen LogP contribution in [0.25, 0.3) is 0 Å². The molecule has 2 heteroatoms. The number of hydrogen-bond donors (Lipinski definition) is 1. The fraction of sp³-hybridized carbons (Fsp3) is 0.400. The van der Waals surface area contributed by atoms with Crippen LogP contribution in [0.2, 0.25) is 0 Å². The van der Waals surface area contributed by atoms with Gasteiger partial charge in [0.1, 0.15) is 5.75 Å². The second-order valence-corrected chi connectivity index (χ2v) is 6.87. The summed E-state index contributed by atoms with van der Waals surface area (Å²) in [5.41, 5.74) is 8.33. The fourth-order valence-electron chi connectivity index (χ4n) is 4.62. The van der Waals surface area contributed by atoms with E-state index in [9.17, 15) is 0 Å². The topological polar surface area (TPSA) is 21.3 Å². The molecule has 1 aliphatic heterocycles. The molecule has 2 unspecified atom stereocenters. The summed E-state index contributed by atoms with van der Waals surface area (Å²) in [4.78, 5) is 0. The highest BCUT2D eigenvalue weighted by molar-refractivity contribution is 5.72. The van der Waals surface area contributed by atoms with Gasteiger partial charge in [0.15, 0.2) is 0 Å². The van der Waals surface area contributed by atoms with Gasteiger partial charge in [-0.05, 0) is 61.1 Å². The van der Waals surface area contributed by atoms with Crippen molar-refractivity contribution in [2.75, 3.05) is 11.9 Å². The van der Waals surface area contributed by atoms with Gasteiger partial charge in [0.25, 0.3) is 0 Å². The Bertz CT molecular complexity index is 765. The molecule has 114 valence electrons. The lowest BCUT2D eigenvalue weighted by Crippen LogP contribution is -2.25. The Kier molecular flexibility index (Phi) is 2.81. The summed E-state index contributed by atoms with van der Waals surface area (Å²) in [7, 11) is 0. The van der Waals surface area contributed by atoms with E-state index in [1.165, 1.54) is 33.5 Å². The molecule has 0 saturated heterocycles. The molecule has 0 saturated carbocycles. The van der Waals surface area contributed by atoms with Crippen molar-refractivity contribution >= 4 is 5.69 Å². The highest BCUT2D eigenvalue weighted by atomic mass is 16.5. The van der Waals surface area contributed by atoms with Gasteiger partial charge in [0, 0.05) is 11.1 Å². The van der Waals surface area contributed by atoms with Crippen molar-refractivity contribution in [2.45, 2.75) is 45.6 Å². The zero-order chi connectivity index (χ0) is 15.5. The second kappa shape index (κ2) is 4.52. The minimum atomic E-state index is 0.128. The van der Waals surface area contributed by atoms with Gasteiger partial charge in [-0.15, -0.1) is 0 Å². The van der Waals surface area contributed by atoms with Crippen LogP contribution in [0.15, 0.2) is 30.3 Å². The zero-order valence-electron chi connectivity index (χ0n) is 13.8. The number of anilines is 1. The van der Waals surface area contributed by atoms with Gasteiger partial charge >= 0.3 is 0 Å². The molecule has 1 N–H and O–H groups in total. The third kappa shape index (κ3) is 1.61. The minimum absolute atomic E-state index is 0.128. The molecule has 4 rings (SSSR count). The Morgan fingerprint density at radius 2 is 2.05 bits per heavy atom. The monoisotopic (exact) mass is 293 g/mol. The summed E-state index contributed by atoms with van der Waals surface area (Å²) >= 11 is 0. The molecular weight excluding hydrogens is 270 g/mol. The summed E-state index contributed by atoms with van der Waals surface area (Å²) < 4.78 is 5.94. The SMILES string of the molecule is CCOc1c(C)cc2c(c1C)C1(C)Cc3ccccc3C1N2. The smallest absolute Gasteiger partial charge is 0.125 e. The number of aryl methyl sites for hydroxylation is 1. The van der Waals surface area contributed by atoms with Gasteiger partial charge in [-0.2, -0.15) is 0 Å². The Balaban J connectivity index is 1.90. The normalized spacial score (nSPS) is 24.5. The number of ether oxygens (including phenoxy) is 1. The maximum Gasteiger partial charge on any atom is 0.125 e. The number of benzene rings is 2. The highest BCUT2D eigenvalue weighted by Crippen LogP contribution is 2.57. The molecule has 1 aliphatic carbocycles. The number of fused-ring (bicyclic) bond motifs is 5. The maximum atomic E-state index is 5.94. The predicted octanol–water partition coefficient (Wildman–Crippen LogP) is 4.68. The highest BCUT2D eigenvalue weighted by Gasteiger charge is 2.50. The first-order chi connectivity index (χ1) is 10.6. The summed E-state index contributed by atoms with van der Waals surface area (Å²) in [6.07, 6.45) is 1.10. The van der Waals surface area contributed by atoms with E-state index in [4.69, 9.17) is 4.74 Å². The van der Waals surface area contributed by atoms with Gasteiger partial charge in [-0.25, -0.2) is 0 Å². The zero-order valence-corrected chi connectivity index (χ0v) is 13.8. The second-order valence-electron chi connectivity index (χ2n) is 6.87. The van der Waals surface area contributed by atoms with Crippen LogP contribution in [0.4, 0.5) is 5.69 Å².